The molecule has 5 heteroatoms. The molecular weight excluding hydrogens is 264 g/mol. The van der Waals surface area contributed by atoms with Crippen molar-refractivity contribution in [3.63, 3.8) is 0 Å². The number of hydrogen-bond donors (Lipinski definition) is 1. The second kappa shape index (κ2) is 5.31. The molecule has 21 heavy (non-hydrogen) atoms. The highest BCUT2D eigenvalue weighted by atomic mass is 16.1. The monoisotopic (exact) mass is 284 g/mol. The highest BCUT2D eigenvalue weighted by Gasteiger charge is 2.22. The Hall–Kier alpha value is -2.17. The zero-order valence-corrected chi connectivity index (χ0v) is 12.7. The van der Waals surface area contributed by atoms with E-state index in [1.165, 1.54) is 0 Å². The van der Waals surface area contributed by atoms with Crippen molar-refractivity contribution in [2.24, 2.45) is 0 Å². The van der Waals surface area contributed by atoms with Crippen LogP contribution in [0.2, 0.25) is 0 Å². The van der Waals surface area contributed by atoms with E-state index in [2.05, 4.69) is 19.9 Å². The third-order valence-corrected chi connectivity index (χ3v) is 3.92. The zero-order valence-electron chi connectivity index (χ0n) is 12.7. The summed E-state index contributed by atoms with van der Waals surface area (Å²) in [6.07, 6.45) is 3.89. The summed E-state index contributed by atoms with van der Waals surface area (Å²) in [7, 11) is 0. The third-order valence-electron chi connectivity index (χ3n) is 3.92. The zero-order chi connectivity index (χ0) is 15.0. The molecule has 2 aromatic heterocycles. The van der Waals surface area contributed by atoms with Gasteiger partial charge in [-0.1, -0.05) is 0 Å². The molecule has 3 rings (SSSR count). The van der Waals surface area contributed by atoms with E-state index in [4.69, 9.17) is 0 Å². The van der Waals surface area contributed by atoms with Crippen LogP contribution in [0.15, 0.2) is 18.3 Å². The number of carbonyl (C=O) groups excluding carboxylic acids is 1. The minimum Gasteiger partial charge on any atom is -0.347 e. The average molecular weight is 284 g/mol. The van der Waals surface area contributed by atoms with E-state index < -0.39 is 0 Å². The molecule has 1 atom stereocenters. The van der Waals surface area contributed by atoms with Crippen LogP contribution in [0.1, 0.15) is 39.7 Å². The SMILES string of the molecule is Cc1ccc(C(=O)N[C@H]2CCc3nc(C)cn3C2)c(C)n1. The molecule has 110 valence electrons. The lowest BCUT2D eigenvalue weighted by Crippen LogP contribution is -2.41. The lowest BCUT2D eigenvalue weighted by atomic mass is 10.1. The first-order chi connectivity index (χ1) is 10.0. The molecule has 0 aliphatic carbocycles. The lowest BCUT2D eigenvalue weighted by Gasteiger charge is -2.25. The van der Waals surface area contributed by atoms with Crippen LogP contribution in [0.4, 0.5) is 0 Å². The second-order valence-electron chi connectivity index (χ2n) is 5.75. The molecule has 0 radical (unpaired) electrons. The lowest BCUT2D eigenvalue weighted by molar-refractivity contribution is 0.0926. The van der Waals surface area contributed by atoms with Crippen LogP contribution in [0.5, 0.6) is 0 Å². The summed E-state index contributed by atoms with van der Waals surface area (Å²) in [5, 5.41) is 3.12. The molecule has 0 unspecified atom stereocenters. The molecule has 0 aromatic carbocycles. The standard InChI is InChI=1S/C16H20N4O/c1-10-4-6-14(12(3)17-10)16(21)19-13-5-7-15-18-11(2)8-20(15)9-13/h4,6,8,13H,5,7,9H2,1-3H3,(H,19,21)/t13-/m0/s1. The van der Waals surface area contributed by atoms with E-state index in [1.807, 2.05) is 39.1 Å². The molecular formula is C16H20N4O. The number of nitrogens with one attached hydrogen (secondary N) is 1. The fourth-order valence-electron chi connectivity index (χ4n) is 2.89. The first-order valence-electron chi connectivity index (χ1n) is 7.30. The fourth-order valence-corrected chi connectivity index (χ4v) is 2.89. The Morgan fingerprint density at radius 1 is 1.24 bits per heavy atom. The van der Waals surface area contributed by atoms with Gasteiger partial charge in [0, 0.05) is 30.9 Å². The van der Waals surface area contributed by atoms with Gasteiger partial charge in [0.15, 0.2) is 0 Å². The Labute approximate surface area is 124 Å². The normalized spacial score (nSPS) is 17.4. The molecule has 0 spiro atoms. The van der Waals surface area contributed by atoms with E-state index in [0.717, 1.165) is 42.3 Å². The van der Waals surface area contributed by atoms with Gasteiger partial charge in [0.25, 0.3) is 5.91 Å². The number of fused-ring (bicyclic) bond motifs is 1. The van der Waals surface area contributed by atoms with Crippen molar-refractivity contribution in [3.8, 4) is 0 Å². The van der Waals surface area contributed by atoms with Gasteiger partial charge in [-0.15, -0.1) is 0 Å². The minimum absolute atomic E-state index is 0.0368. The molecule has 1 aliphatic heterocycles. The fraction of sp³-hybridized carbons (Fsp3) is 0.438. The number of aromatic nitrogens is 3. The van der Waals surface area contributed by atoms with Gasteiger partial charge in [0.05, 0.1) is 17.0 Å². The summed E-state index contributed by atoms with van der Waals surface area (Å²) < 4.78 is 2.14. The first-order valence-corrected chi connectivity index (χ1v) is 7.30. The van der Waals surface area contributed by atoms with Crippen LogP contribution in [-0.2, 0) is 13.0 Å². The van der Waals surface area contributed by atoms with E-state index in [-0.39, 0.29) is 11.9 Å². The third kappa shape index (κ3) is 2.82. The van der Waals surface area contributed by atoms with Crippen molar-refractivity contribution < 1.29 is 4.79 Å². The van der Waals surface area contributed by atoms with Gasteiger partial charge in [-0.3, -0.25) is 9.78 Å². The molecule has 5 nitrogen and oxygen atoms in total. The van der Waals surface area contributed by atoms with Crippen molar-refractivity contribution >= 4 is 5.91 Å². The molecule has 0 saturated heterocycles. The highest BCUT2D eigenvalue weighted by Crippen LogP contribution is 2.16. The summed E-state index contributed by atoms with van der Waals surface area (Å²) in [5.41, 5.74) is 3.41. The van der Waals surface area contributed by atoms with Crippen molar-refractivity contribution in [2.45, 2.75) is 46.2 Å². The van der Waals surface area contributed by atoms with E-state index in [9.17, 15) is 4.79 Å². The van der Waals surface area contributed by atoms with Crippen molar-refractivity contribution in [1.29, 1.82) is 0 Å². The number of carbonyl (C=O) groups is 1. The summed E-state index contributed by atoms with van der Waals surface area (Å²) >= 11 is 0. The van der Waals surface area contributed by atoms with Crippen LogP contribution in [0.3, 0.4) is 0 Å². The van der Waals surface area contributed by atoms with Gasteiger partial charge >= 0.3 is 0 Å². The van der Waals surface area contributed by atoms with E-state index >= 15 is 0 Å². The van der Waals surface area contributed by atoms with Gasteiger partial charge in [0.2, 0.25) is 0 Å². The summed E-state index contributed by atoms with van der Waals surface area (Å²) in [6, 6.07) is 3.88. The van der Waals surface area contributed by atoms with Crippen molar-refractivity contribution in [2.75, 3.05) is 0 Å². The number of nitrogens with zero attached hydrogens (tertiary/aromatic N) is 3. The number of aryl methyl sites for hydroxylation is 4. The maximum Gasteiger partial charge on any atom is 0.253 e. The van der Waals surface area contributed by atoms with Crippen LogP contribution < -0.4 is 5.32 Å². The van der Waals surface area contributed by atoms with Gasteiger partial charge in [-0.05, 0) is 39.3 Å². The Morgan fingerprint density at radius 2 is 2.05 bits per heavy atom. The maximum atomic E-state index is 12.4. The molecule has 1 amide bonds. The smallest absolute Gasteiger partial charge is 0.253 e. The van der Waals surface area contributed by atoms with Crippen LogP contribution >= 0.6 is 0 Å². The number of imidazole rings is 1. The molecule has 1 aliphatic rings. The van der Waals surface area contributed by atoms with Gasteiger partial charge in [-0.2, -0.15) is 0 Å². The summed E-state index contributed by atoms with van der Waals surface area (Å²) in [6.45, 7) is 6.60. The molecule has 0 fully saturated rings. The topological polar surface area (TPSA) is 59.8 Å². The highest BCUT2D eigenvalue weighted by molar-refractivity contribution is 5.95. The molecule has 1 N–H and O–H groups in total. The van der Waals surface area contributed by atoms with Crippen LogP contribution in [-0.4, -0.2) is 26.5 Å². The first kappa shape index (κ1) is 13.8. The Balaban J connectivity index is 1.71. The summed E-state index contributed by atoms with van der Waals surface area (Å²) in [5.74, 6) is 1.08. The number of hydrogen-bond acceptors (Lipinski definition) is 3. The predicted octanol–water partition coefficient (Wildman–Crippen LogP) is 1.95. The van der Waals surface area contributed by atoms with Gasteiger partial charge < -0.3 is 9.88 Å². The van der Waals surface area contributed by atoms with E-state index in [0.29, 0.717) is 5.56 Å². The Kier molecular flexibility index (Phi) is 3.49. The molecule has 2 aromatic rings. The van der Waals surface area contributed by atoms with Gasteiger partial charge in [0.1, 0.15) is 5.82 Å². The Morgan fingerprint density at radius 3 is 2.81 bits per heavy atom. The van der Waals surface area contributed by atoms with Crippen LogP contribution in [0, 0.1) is 20.8 Å². The maximum absolute atomic E-state index is 12.4. The largest absolute Gasteiger partial charge is 0.347 e. The van der Waals surface area contributed by atoms with Crippen LogP contribution in [0.25, 0.3) is 0 Å². The Bertz CT molecular complexity index is 690. The number of rotatable bonds is 2. The van der Waals surface area contributed by atoms with E-state index in [1.54, 1.807) is 0 Å². The molecule has 0 saturated carbocycles. The van der Waals surface area contributed by atoms with Crippen molar-refractivity contribution in [3.05, 3.63) is 46.8 Å². The number of pyridine rings is 1. The quantitative estimate of drug-likeness (QED) is 0.917. The number of amides is 1. The second-order valence-corrected chi connectivity index (χ2v) is 5.75. The van der Waals surface area contributed by atoms with Gasteiger partial charge in [-0.25, -0.2) is 4.98 Å². The molecule has 3 heterocycles. The predicted molar refractivity (Wildman–Crippen MR) is 80.3 cm³/mol. The average Bonchev–Trinajstić information content (AvgIpc) is 2.77. The minimum atomic E-state index is -0.0368. The summed E-state index contributed by atoms with van der Waals surface area (Å²) in [4.78, 5) is 21.2. The molecule has 0 bridgehead atoms. The van der Waals surface area contributed by atoms with Crippen molar-refractivity contribution in [1.82, 2.24) is 19.9 Å².